The van der Waals surface area contributed by atoms with E-state index in [0.717, 1.165) is 9.93 Å². The molecule has 0 radical (unpaired) electrons. The number of nitrogens with zero attached hydrogens (tertiary/aromatic N) is 1. The summed E-state index contributed by atoms with van der Waals surface area (Å²) in [5.41, 5.74) is 1.21. The Morgan fingerprint density at radius 2 is 2.36 bits per heavy atom. The van der Waals surface area contributed by atoms with Gasteiger partial charge in [-0.05, 0) is 30.4 Å². The van der Waals surface area contributed by atoms with Crippen molar-refractivity contribution in [2.75, 3.05) is 0 Å². The van der Waals surface area contributed by atoms with Gasteiger partial charge in [-0.25, -0.2) is 4.98 Å². The third-order valence-electron chi connectivity index (χ3n) is 1.23. The maximum Gasteiger partial charge on any atom is 0.103 e. The molecule has 1 nitrogen and oxygen atoms in total. The third kappa shape index (κ3) is 2.39. The van der Waals surface area contributed by atoms with E-state index in [4.69, 9.17) is 0 Å². The van der Waals surface area contributed by atoms with Gasteiger partial charge in [0, 0.05) is 6.20 Å². The van der Waals surface area contributed by atoms with Gasteiger partial charge < -0.3 is 0 Å². The zero-order valence-electron chi connectivity index (χ0n) is 6.79. The molecule has 0 saturated carbocycles. The van der Waals surface area contributed by atoms with Crippen LogP contribution in [0, 0.1) is 6.92 Å². The van der Waals surface area contributed by atoms with E-state index in [0.29, 0.717) is 0 Å². The highest BCUT2D eigenvalue weighted by molar-refractivity contribution is 8.03. The predicted octanol–water partition coefficient (Wildman–Crippen LogP) is 3.02. The second-order valence-electron chi connectivity index (χ2n) is 2.43. The molecule has 0 N–H and O–H groups in total. The molecule has 0 saturated heterocycles. The first kappa shape index (κ1) is 8.34. The Kier molecular flexibility index (Phi) is 2.71. The fraction of sp³-hybridized carbons (Fsp3) is 0.222. The minimum atomic E-state index is 1.06. The average molecular weight is 165 g/mol. The molecule has 1 rings (SSSR count). The largest absolute Gasteiger partial charge is 0.249 e. The van der Waals surface area contributed by atoms with Crippen LogP contribution in [-0.2, 0) is 0 Å². The van der Waals surface area contributed by atoms with Crippen LogP contribution in [0.2, 0.25) is 0 Å². The lowest BCUT2D eigenvalue weighted by Crippen LogP contribution is -1.82. The third-order valence-corrected chi connectivity index (χ3v) is 2.20. The van der Waals surface area contributed by atoms with Crippen LogP contribution in [0.25, 0.3) is 0 Å². The van der Waals surface area contributed by atoms with Gasteiger partial charge in [0.25, 0.3) is 0 Å². The second-order valence-corrected chi connectivity index (χ2v) is 3.72. The van der Waals surface area contributed by atoms with Gasteiger partial charge in [0.1, 0.15) is 5.03 Å². The standard InChI is InChI=1S/C9H11NS/c1-7(2)11-9-8(3)5-4-6-10-9/h4-6H,1H2,2-3H3. The second kappa shape index (κ2) is 3.58. The lowest BCUT2D eigenvalue weighted by Gasteiger charge is -2.01. The van der Waals surface area contributed by atoms with Crippen LogP contribution in [0.4, 0.5) is 0 Å². The Bertz CT molecular complexity index is 268. The topological polar surface area (TPSA) is 12.9 Å². The highest BCUT2D eigenvalue weighted by atomic mass is 32.2. The molecular weight excluding hydrogens is 154 g/mol. The number of thioether (sulfide) groups is 1. The Balaban J connectivity index is 2.86. The van der Waals surface area contributed by atoms with E-state index in [9.17, 15) is 0 Å². The molecule has 0 aliphatic heterocycles. The quantitative estimate of drug-likeness (QED) is 0.625. The van der Waals surface area contributed by atoms with Crippen LogP contribution < -0.4 is 0 Å². The van der Waals surface area contributed by atoms with E-state index in [1.54, 1.807) is 18.0 Å². The Morgan fingerprint density at radius 1 is 1.64 bits per heavy atom. The maximum atomic E-state index is 4.22. The molecule has 1 aromatic rings. The van der Waals surface area contributed by atoms with E-state index < -0.39 is 0 Å². The molecular formula is C9H11NS. The zero-order valence-corrected chi connectivity index (χ0v) is 7.61. The van der Waals surface area contributed by atoms with E-state index in [-0.39, 0.29) is 0 Å². The summed E-state index contributed by atoms with van der Waals surface area (Å²) < 4.78 is 0. The highest BCUT2D eigenvalue weighted by Gasteiger charge is 1.97. The SMILES string of the molecule is C=C(C)Sc1ncccc1C. The van der Waals surface area contributed by atoms with Crippen LogP contribution >= 0.6 is 11.8 Å². The van der Waals surface area contributed by atoms with Gasteiger partial charge in [-0.3, -0.25) is 0 Å². The number of aryl methyl sites for hydroxylation is 1. The molecule has 0 aliphatic rings. The monoisotopic (exact) mass is 165 g/mol. The summed E-state index contributed by atoms with van der Waals surface area (Å²) in [7, 11) is 0. The van der Waals surface area contributed by atoms with Crippen LogP contribution in [0.5, 0.6) is 0 Å². The summed E-state index contributed by atoms with van der Waals surface area (Å²) in [6, 6.07) is 4.00. The lowest BCUT2D eigenvalue weighted by molar-refractivity contribution is 1.08. The first-order chi connectivity index (χ1) is 5.20. The summed E-state index contributed by atoms with van der Waals surface area (Å²) >= 11 is 1.62. The van der Waals surface area contributed by atoms with Crippen molar-refractivity contribution in [2.45, 2.75) is 18.9 Å². The van der Waals surface area contributed by atoms with Crippen LogP contribution in [0.15, 0.2) is 34.8 Å². The molecule has 11 heavy (non-hydrogen) atoms. The highest BCUT2D eigenvalue weighted by Crippen LogP contribution is 2.24. The van der Waals surface area contributed by atoms with E-state index in [2.05, 4.69) is 24.6 Å². The lowest BCUT2D eigenvalue weighted by atomic mass is 10.3. The maximum absolute atomic E-state index is 4.22. The minimum Gasteiger partial charge on any atom is -0.249 e. The number of hydrogen-bond donors (Lipinski definition) is 0. The van der Waals surface area contributed by atoms with Crippen LogP contribution in [0.1, 0.15) is 12.5 Å². The summed E-state index contributed by atoms with van der Waals surface area (Å²) in [6.45, 7) is 7.85. The number of pyridine rings is 1. The molecule has 58 valence electrons. The Labute approximate surface area is 71.5 Å². The van der Waals surface area contributed by atoms with Gasteiger partial charge in [0.05, 0.1) is 0 Å². The summed E-state index contributed by atoms with van der Waals surface area (Å²) in [5, 5.41) is 1.06. The van der Waals surface area contributed by atoms with Crippen LogP contribution in [0.3, 0.4) is 0 Å². The molecule has 0 bridgehead atoms. The molecule has 0 amide bonds. The molecule has 0 unspecified atom stereocenters. The van der Waals surface area contributed by atoms with Crippen molar-refractivity contribution in [3.05, 3.63) is 35.4 Å². The summed E-state index contributed by atoms with van der Waals surface area (Å²) in [4.78, 5) is 5.30. The van der Waals surface area contributed by atoms with Gasteiger partial charge in [-0.2, -0.15) is 0 Å². The van der Waals surface area contributed by atoms with Gasteiger partial charge in [0.2, 0.25) is 0 Å². The fourth-order valence-electron chi connectivity index (χ4n) is 0.743. The smallest absolute Gasteiger partial charge is 0.103 e. The van der Waals surface area contributed by atoms with Gasteiger partial charge >= 0.3 is 0 Å². The Hall–Kier alpha value is -0.760. The fourth-order valence-corrected chi connectivity index (χ4v) is 1.42. The molecule has 0 spiro atoms. The molecule has 0 fully saturated rings. The minimum absolute atomic E-state index is 1.06. The van der Waals surface area contributed by atoms with Gasteiger partial charge in [-0.1, -0.05) is 24.4 Å². The van der Waals surface area contributed by atoms with Crippen molar-refractivity contribution in [1.82, 2.24) is 4.98 Å². The number of hydrogen-bond acceptors (Lipinski definition) is 2. The van der Waals surface area contributed by atoms with Crippen molar-refractivity contribution < 1.29 is 0 Å². The molecule has 1 aromatic heterocycles. The van der Waals surface area contributed by atoms with Crippen molar-refractivity contribution in [3.63, 3.8) is 0 Å². The molecule has 2 heteroatoms. The normalized spacial score (nSPS) is 9.64. The summed E-state index contributed by atoms with van der Waals surface area (Å²) in [5.74, 6) is 0. The number of aromatic nitrogens is 1. The van der Waals surface area contributed by atoms with Crippen molar-refractivity contribution in [1.29, 1.82) is 0 Å². The van der Waals surface area contributed by atoms with Crippen molar-refractivity contribution in [2.24, 2.45) is 0 Å². The predicted molar refractivity (Wildman–Crippen MR) is 49.6 cm³/mol. The Morgan fingerprint density at radius 3 is 2.91 bits per heavy atom. The first-order valence-electron chi connectivity index (χ1n) is 3.45. The first-order valence-corrected chi connectivity index (χ1v) is 4.27. The average Bonchev–Trinajstić information content (AvgIpc) is 1.93. The summed E-state index contributed by atoms with van der Waals surface area (Å²) in [6.07, 6.45) is 1.80. The van der Waals surface area contributed by atoms with Crippen molar-refractivity contribution in [3.8, 4) is 0 Å². The molecule has 0 atom stereocenters. The molecule has 1 heterocycles. The zero-order chi connectivity index (χ0) is 8.27. The van der Waals surface area contributed by atoms with Crippen molar-refractivity contribution >= 4 is 11.8 Å². The number of rotatable bonds is 2. The van der Waals surface area contributed by atoms with E-state index >= 15 is 0 Å². The molecule has 0 aliphatic carbocycles. The van der Waals surface area contributed by atoms with Gasteiger partial charge in [-0.15, -0.1) is 0 Å². The molecule has 0 aromatic carbocycles. The number of allylic oxidation sites excluding steroid dienone is 1. The van der Waals surface area contributed by atoms with E-state index in [1.807, 2.05) is 13.0 Å². The van der Waals surface area contributed by atoms with Crippen LogP contribution in [-0.4, -0.2) is 4.98 Å². The van der Waals surface area contributed by atoms with Gasteiger partial charge in [0.15, 0.2) is 0 Å². The van der Waals surface area contributed by atoms with E-state index in [1.165, 1.54) is 5.56 Å².